The highest BCUT2D eigenvalue weighted by molar-refractivity contribution is 5.92. The Morgan fingerprint density at radius 3 is 2.42 bits per heavy atom. The van der Waals surface area contributed by atoms with Gasteiger partial charge in [0.15, 0.2) is 0 Å². The topological polar surface area (TPSA) is 69.3 Å². The van der Waals surface area contributed by atoms with Gasteiger partial charge in [0.05, 0.1) is 0 Å². The number of amides is 1. The fraction of sp³-hybridized carbons (Fsp3) is 0.722. The molecule has 1 fully saturated rings. The van der Waals surface area contributed by atoms with E-state index in [4.69, 9.17) is 0 Å². The maximum absolute atomic E-state index is 12.9. The minimum atomic E-state index is -0.463. The van der Waals surface area contributed by atoms with Crippen LogP contribution in [0.1, 0.15) is 50.8 Å². The number of aromatic amines is 1. The van der Waals surface area contributed by atoms with E-state index in [2.05, 4.69) is 42.8 Å². The highest BCUT2D eigenvalue weighted by Crippen LogP contribution is 2.28. The average molecular weight is 334 g/mol. The molecule has 1 aliphatic rings. The molecule has 24 heavy (non-hydrogen) atoms. The largest absolute Gasteiger partial charge is 0.345 e. The van der Waals surface area contributed by atoms with Gasteiger partial charge in [-0.25, -0.2) is 4.79 Å². The molecule has 6 heteroatoms. The SMILES string of the molecule is CC(C)[C@H]1CN(C(=O)c2cc(C(C)(C)C)[nH]c(=O)n2)C[C@@H]1N(C)C. The molecule has 0 saturated carbocycles. The number of likely N-dealkylation sites (tertiary alicyclic amines) is 1. The molecule has 1 amide bonds. The predicted octanol–water partition coefficient (Wildman–Crippen LogP) is 1.73. The Balaban J connectivity index is 2.30. The van der Waals surface area contributed by atoms with Gasteiger partial charge in [0.1, 0.15) is 5.69 Å². The van der Waals surface area contributed by atoms with Crippen LogP contribution in [0.15, 0.2) is 10.9 Å². The van der Waals surface area contributed by atoms with E-state index in [-0.39, 0.29) is 17.0 Å². The summed E-state index contributed by atoms with van der Waals surface area (Å²) in [5.74, 6) is 0.766. The normalized spacial score (nSPS) is 21.8. The highest BCUT2D eigenvalue weighted by Gasteiger charge is 2.38. The van der Waals surface area contributed by atoms with E-state index in [0.29, 0.717) is 31.0 Å². The standard InChI is InChI=1S/C18H30N4O2/c1-11(2)12-9-22(10-14(12)21(6)7)16(23)13-8-15(18(3,4)5)20-17(24)19-13/h8,11-12,14H,9-10H2,1-7H3,(H,19,20,24)/t12-,14+/m1/s1. The van der Waals surface area contributed by atoms with Gasteiger partial charge in [-0.2, -0.15) is 4.98 Å². The van der Waals surface area contributed by atoms with Crippen molar-refractivity contribution in [3.05, 3.63) is 27.9 Å². The van der Waals surface area contributed by atoms with Gasteiger partial charge in [0.25, 0.3) is 5.91 Å². The molecule has 0 unspecified atom stereocenters. The first-order valence-corrected chi connectivity index (χ1v) is 8.58. The Hall–Kier alpha value is -1.69. The lowest BCUT2D eigenvalue weighted by atomic mass is 9.91. The lowest BCUT2D eigenvalue weighted by Gasteiger charge is -2.27. The van der Waals surface area contributed by atoms with E-state index in [1.807, 2.05) is 25.7 Å². The summed E-state index contributed by atoms with van der Waals surface area (Å²) < 4.78 is 0. The van der Waals surface area contributed by atoms with Gasteiger partial charge in [-0.1, -0.05) is 34.6 Å². The quantitative estimate of drug-likeness (QED) is 0.914. The van der Waals surface area contributed by atoms with Crippen molar-refractivity contribution in [2.24, 2.45) is 11.8 Å². The third kappa shape index (κ3) is 3.86. The van der Waals surface area contributed by atoms with Crippen LogP contribution in [0.5, 0.6) is 0 Å². The number of nitrogens with zero attached hydrogens (tertiary/aromatic N) is 3. The summed E-state index contributed by atoms with van der Waals surface area (Å²) in [6.45, 7) is 11.8. The minimum absolute atomic E-state index is 0.151. The second kappa shape index (κ2) is 6.67. The summed E-state index contributed by atoms with van der Waals surface area (Å²) >= 11 is 0. The maximum atomic E-state index is 12.9. The molecule has 1 aromatic rings. The third-order valence-corrected chi connectivity index (χ3v) is 4.91. The average Bonchev–Trinajstić information content (AvgIpc) is 2.90. The van der Waals surface area contributed by atoms with Crippen molar-refractivity contribution in [3.8, 4) is 0 Å². The molecule has 6 nitrogen and oxygen atoms in total. The number of H-pyrrole nitrogens is 1. The van der Waals surface area contributed by atoms with Crippen LogP contribution < -0.4 is 5.69 Å². The Labute approximate surface area is 144 Å². The van der Waals surface area contributed by atoms with Crippen molar-refractivity contribution in [3.63, 3.8) is 0 Å². The van der Waals surface area contributed by atoms with Crippen LogP contribution in [0.2, 0.25) is 0 Å². The van der Waals surface area contributed by atoms with Gasteiger partial charge >= 0.3 is 5.69 Å². The predicted molar refractivity (Wildman–Crippen MR) is 95.3 cm³/mol. The molecule has 0 radical (unpaired) electrons. The van der Waals surface area contributed by atoms with Crippen LogP contribution in [0.4, 0.5) is 0 Å². The molecule has 1 saturated heterocycles. The Kier molecular flexibility index (Phi) is 5.18. The Morgan fingerprint density at radius 2 is 1.96 bits per heavy atom. The van der Waals surface area contributed by atoms with Crippen molar-refractivity contribution >= 4 is 5.91 Å². The van der Waals surface area contributed by atoms with E-state index in [1.54, 1.807) is 6.07 Å². The van der Waals surface area contributed by atoms with Crippen molar-refractivity contribution in [2.45, 2.75) is 46.1 Å². The molecule has 1 N–H and O–H groups in total. The number of hydrogen-bond donors (Lipinski definition) is 1. The molecule has 1 aromatic heterocycles. The first-order valence-electron chi connectivity index (χ1n) is 8.58. The monoisotopic (exact) mass is 334 g/mol. The summed E-state index contributed by atoms with van der Waals surface area (Å²) in [4.78, 5) is 35.5. The van der Waals surface area contributed by atoms with Crippen LogP contribution in [0.25, 0.3) is 0 Å². The Bertz CT molecular complexity index is 642. The van der Waals surface area contributed by atoms with Gasteiger partial charge in [0.2, 0.25) is 0 Å². The summed E-state index contributed by atoms with van der Waals surface area (Å²) in [7, 11) is 4.11. The van der Waals surface area contributed by atoms with Crippen LogP contribution in [-0.2, 0) is 5.41 Å². The van der Waals surface area contributed by atoms with E-state index < -0.39 is 5.69 Å². The van der Waals surface area contributed by atoms with Crippen molar-refractivity contribution in [1.82, 2.24) is 19.8 Å². The van der Waals surface area contributed by atoms with Crippen LogP contribution >= 0.6 is 0 Å². The third-order valence-electron chi connectivity index (χ3n) is 4.91. The molecular formula is C18H30N4O2. The van der Waals surface area contributed by atoms with Crippen molar-refractivity contribution in [1.29, 1.82) is 0 Å². The summed E-state index contributed by atoms with van der Waals surface area (Å²) in [5.41, 5.74) is 0.268. The van der Waals surface area contributed by atoms with Gasteiger partial charge < -0.3 is 14.8 Å². The van der Waals surface area contributed by atoms with Crippen molar-refractivity contribution < 1.29 is 4.79 Å². The smallest absolute Gasteiger partial charge is 0.335 e. The highest BCUT2D eigenvalue weighted by atomic mass is 16.2. The molecular weight excluding hydrogens is 304 g/mol. The van der Waals surface area contributed by atoms with E-state index >= 15 is 0 Å². The number of rotatable bonds is 3. The zero-order valence-electron chi connectivity index (χ0n) is 15.9. The number of carbonyl (C=O) groups excluding carboxylic acids is 1. The number of carbonyl (C=O) groups is 1. The fourth-order valence-electron chi connectivity index (χ4n) is 3.31. The zero-order valence-corrected chi connectivity index (χ0v) is 15.9. The molecule has 2 atom stereocenters. The molecule has 2 heterocycles. The number of hydrogen-bond acceptors (Lipinski definition) is 4. The van der Waals surface area contributed by atoms with Crippen LogP contribution in [0.3, 0.4) is 0 Å². The van der Waals surface area contributed by atoms with Crippen LogP contribution in [-0.4, -0.2) is 58.9 Å². The number of nitrogens with one attached hydrogen (secondary N) is 1. The van der Waals surface area contributed by atoms with E-state index in [9.17, 15) is 9.59 Å². The molecule has 2 rings (SSSR count). The van der Waals surface area contributed by atoms with Gasteiger partial charge in [-0.15, -0.1) is 0 Å². The molecule has 134 valence electrons. The fourth-order valence-corrected chi connectivity index (χ4v) is 3.31. The Morgan fingerprint density at radius 1 is 1.33 bits per heavy atom. The first kappa shape index (κ1) is 18.6. The van der Waals surface area contributed by atoms with Gasteiger partial charge in [-0.05, 0) is 32.0 Å². The summed E-state index contributed by atoms with van der Waals surface area (Å²) in [6, 6.07) is 2.05. The van der Waals surface area contributed by atoms with E-state index in [1.165, 1.54) is 0 Å². The second-order valence-corrected chi connectivity index (χ2v) is 8.38. The first-order chi connectivity index (χ1) is 11.0. The van der Waals surface area contributed by atoms with Crippen LogP contribution in [0, 0.1) is 11.8 Å². The molecule has 0 spiro atoms. The number of aromatic nitrogens is 2. The maximum Gasteiger partial charge on any atom is 0.345 e. The second-order valence-electron chi connectivity index (χ2n) is 8.38. The van der Waals surface area contributed by atoms with Gasteiger partial charge in [0, 0.05) is 30.2 Å². The molecule has 1 aliphatic heterocycles. The zero-order chi connectivity index (χ0) is 18.2. The number of likely N-dealkylation sites (N-methyl/N-ethyl adjacent to an activating group) is 1. The van der Waals surface area contributed by atoms with Gasteiger partial charge in [-0.3, -0.25) is 4.79 Å². The molecule has 0 aliphatic carbocycles. The summed E-state index contributed by atoms with van der Waals surface area (Å²) in [6.07, 6.45) is 0. The lowest BCUT2D eigenvalue weighted by molar-refractivity contribution is 0.0773. The van der Waals surface area contributed by atoms with E-state index in [0.717, 1.165) is 5.69 Å². The molecule has 0 aromatic carbocycles. The summed E-state index contributed by atoms with van der Waals surface area (Å²) in [5, 5.41) is 0. The van der Waals surface area contributed by atoms with Crippen molar-refractivity contribution in [2.75, 3.05) is 27.2 Å². The minimum Gasteiger partial charge on any atom is -0.335 e. The lowest BCUT2D eigenvalue weighted by Crippen LogP contribution is -2.38. The molecule has 0 bridgehead atoms.